The molecule has 6 nitrogen and oxygen atoms in total. The van der Waals surface area contributed by atoms with Crippen LogP contribution in [0, 0.1) is 0 Å². The van der Waals surface area contributed by atoms with E-state index in [9.17, 15) is 27.6 Å². The molecule has 0 aliphatic heterocycles. The number of halogens is 3. The third-order valence-corrected chi connectivity index (χ3v) is 3.75. The molecule has 2 amide bonds. The molecule has 2 aromatic rings. The first kappa shape index (κ1) is 20.9. The van der Waals surface area contributed by atoms with Crippen molar-refractivity contribution < 1.29 is 32.3 Å². The largest absolute Gasteiger partial charge is 0.427 e. The second-order valence-electron chi connectivity index (χ2n) is 5.91. The number of amides is 2. The summed E-state index contributed by atoms with van der Waals surface area (Å²) in [5.74, 6) is -2.21. The number of esters is 1. The summed E-state index contributed by atoms with van der Waals surface area (Å²) in [6.07, 6.45) is -5.04. The molecular formula is C19H17F3N2O4. The molecule has 1 atom stereocenters. The maximum absolute atomic E-state index is 13.1. The maximum atomic E-state index is 13.1. The molecule has 0 aliphatic carbocycles. The molecule has 0 spiro atoms. The van der Waals surface area contributed by atoms with Crippen molar-refractivity contribution in [1.82, 2.24) is 5.32 Å². The summed E-state index contributed by atoms with van der Waals surface area (Å²) in [4.78, 5) is 35.1. The Balaban J connectivity index is 2.22. The fourth-order valence-electron chi connectivity index (χ4n) is 2.53. The molecule has 0 fully saturated rings. The van der Waals surface area contributed by atoms with Gasteiger partial charge in [0.1, 0.15) is 11.8 Å². The summed E-state index contributed by atoms with van der Waals surface area (Å²) < 4.78 is 44.3. The van der Waals surface area contributed by atoms with Crippen LogP contribution in [0.3, 0.4) is 0 Å². The van der Waals surface area contributed by atoms with Crippen LogP contribution >= 0.6 is 0 Å². The van der Waals surface area contributed by atoms with Crippen LogP contribution in [0.5, 0.6) is 5.75 Å². The molecule has 148 valence electrons. The molecule has 0 saturated carbocycles. The van der Waals surface area contributed by atoms with Crippen LogP contribution in [0.1, 0.15) is 28.4 Å². The van der Waals surface area contributed by atoms with Gasteiger partial charge >= 0.3 is 12.1 Å². The van der Waals surface area contributed by atoms with Crippen molar-refractivity contribution in [2.24, 2.45) is 5.73 Å². The van der Waals surface area contributed by atoms with E-state index in [1.165, 1.54) is 49.4 Å². The van der Waals surface area contributed by atoms with Gasteiger partial charge in [0, 0.05) is 18.9 Å². The summed E-state index contributed by atoms with van der Waals surface area (Å²) in [5, 5.41) is 2.32. The molecule has 9 heteroatoms. The first-order valence-corrected chi connectivity index (χ1v) is 8.11. The summed E-state index contributed by atoms with van der Waals surface area (Å²) >= 11 is 0. The van der Waals surface area contributed by atoms with Crippen molar-refractivity contribution in [1.29, 1.82) is 0 Å². The van der Waals surface area contributed by atoms with Crippen LogP contribution in [0.25, 0.3) is 0 Å². The fourth-order valence-corrected chi connectivity index (χ4v) is 2.53. The first-order valence-electron chi connectivity index (χ1n) is 8.11. The van der Waals surface area contributed by atoms with Gasteiger partial charge in [0.25, 0.3) is 5.91 Å². The van der Waals surface area contributed by atoms with Crippen LogP contribution in [0.2, 0.25) is 0 Å². The Bertz CT molecular complexity index is 897. The standard InChI is InChI=1S/C19H17F3N2O4/c1-11(25)28-14-7-4-6-13(9-14)18(27)24-16(17(23)26)10-12-5-2-3-8-15(12)19(20,21)22/h2-9,16H,10H2,1H3,(H2,23,26)(H,24,27)/t16-/m0/s1. The highest BCUT2D eigenvalue weighted by Crippen LogP contribution is 2.32. The van der Waals surface area contributed by atoms with Crippen molar-refractivity contribution >= 4 is 17.8 Å². The lowest BCUT2D eigenvalue weighted by Gasteiger charge is -2.19. The zero-order valence-corrected chi connectivity index (χ0v) is 14.7. The fraction of sp³-hybridized carbons (Fsp3) is 0.211. The number of primary amides is 1. The summed E-state index contributed by atoms with van der Waals surface area (Å²) in [5.41, 5.74) is 4.23. The quantitative estimate of drug-likeness (QED) is 0.581. The van der Waals surface area contributed by atoms with Gasteiger partial charge in [-0.3, -0.25) is 14.4 Å². The second-order valence-corrected chi connectivity index (χ2v) is 5.91. The van der Waals surface area contributed by atoms with Crippen molar-refractivity contribution in [3.8, 4) is 5.75 Å². The summed E-state index contributed by atoms with van der Waals surface area (Å²) in [7, 11) is 0. The lowest BCUT2D eigenvalue weighted by molar-refractivity contribution is -0.138. The van der Waals surface area contributed by atoms with E-state index in [0.717, 1.165) is 6.07 Å². The highest BCUT2D eigenvalue weighted by Gasteiger charge is 2.34. The Morgan fingerprint density at radius 3 is 2.39 bits per heavy atom. The predicted molar refractivity (Wildman–Crippen MR) is 93.3 cm³/mol. The predicted octanol–water partition coefficient (Wildman–Crippen LogP) is 2.46. The molecular weight excluding hydrogens is 377 g/mol. The Labute approximate surface area is 158 Å². The van der Waals surface area contributed by atoms with Gasteiger partial charge in [0.05, 0.1) is 5.56 Å². The molecule has 0 aliphatic rings. The molecule has 0 unspecified atom stereocenters. The van der Waals surface area contributed by atoms with Crippen LogP contribution in [0.4, 0.5) is 13.2 Å². The second kappa shape index (κ2) is 8.55. The molecule has 3 N–H and O–H groups in total. The van der Waals surface area contributed by atoms with E-state index in [0.29, 0.717) is 0 Å². The monoisotopic (exact) mass is 394 g/mol. The molecule has 2 aromatic carbocycles. The van der Waals surface area contributed by atoms with Gasteiger partial charge in [-0.25, -0.2) is 0 Å². The SMILES string of the molecule is CC(=O)Oc1cccc(C(=O)N[C@@H](Cc2ccccc2C(F)(F)F)C(N)=O)c1. The smallest absolute Gasteiger partial charge is 0.416 e. The lowest BCUT2D eigenvalue weighted by atomic mass is 9.99. The van der Waals surface area contributed by atoms with Crippen molar-refractivity contribution in [3.05, 3.63) is 65.2 Å². The highest BCUT2D eigenvalue weighted by atomic mass is 19.4. The molecule has 0 heterocycles. The van der Waals surface area contributed by atoms with Crippen molar-refractivity contribution in [2.45, 2.75) is 25.6 Å². The maximum Gasteiger partial charge on any atom is 0.416 e. The number of nitrogens with one attached hydrogen (secondary N) is 1. The Hall–Kier alpha value is -3.36. The summed E-state index contributed by atoms with van der Waals surface area (Å²) in [6.45, 7) is 1.19. The molecule has 0 bridgehead atoms. The van der Waals surface area contributed by atoms with Crippen LogP contribution < -0.4 is 15.8 Å². The Morgan fingerprint density at radius 2 is 1.79 bits per heavy atom. The zero-order valence-electron chi connectivity index (χ0n) is 14.7. The van der Waals surface area contributed by atoms with Gasteiger partial charge < -0.3 is 15.8 Å². The third-order valence-electron chi connectivity index (χ3n) is 3.75. The van der Waals surface area contributed by atoms with Crippen molar-refractivity contribution in [3.63, 3.8) is 0 Å². The van der Waals surface area contributed by atoms with E-state index in [1.54, 1.807) is 0 Å². The molecule has 0 saturated heterocycles. The minimum Gasteiger partial charge on any atom is -0.427 e. The number of nitrogens with two attached hydrogens (primary N) is 1. The molecule has 0 radical (unpaired) electrons. The molecule has 28 heavy (non-hydrogen) atoms. The van der Waals surface area contributed by atoms with E-state index in [1.807, 2.05) is 0 Å². The number of alkyl halides is 3. The number of rotatable bonds is 6. The normalized spacial score (nSPS) is 12.1. The number of hydrogen-bond donors (Lipinski definition) is 2. The van der Waals surface area contributed by atoms with Crippen LogP contribution in [-0.2, 0) is 22.2 Å². The van der Waals surface area contributed by atoms with E-state index < -0.39 is 42.0 Å². The first-order chi connectivity index (χ1) is 13.1. The highest BCUT2D eigenvalue weighted by molar-refractivity contribution is 5.97. The molecule has 0 aromatic heterocycles. The van der Waals surface area contributed by atoms with Gasteiger partial charge in [-0.1, -0.05) is 24.3 Å². The topological polar surface area (TPSA) is 98.5 Å². The number of ether oxygens (including phenoxy) is 1. The minimum absolute atomic E-state index is 0.0501. The minimum atomic E-state index is -4.61. The summed E-state index contributed by atoms with van der Waals surface area (Å²) in [6, 6.07) is 8.91. The number of carbonyl (C=O) groups is 3. The zero-order chi connectivity index (χ0) is 20.9. The number of benzene rings is 2. The third kappa shape index (κ3) is 5.57. The Kier molecular flexibility index (Phi) is 6.40. The van der Waals surface area contributed by atoms with E-state index in [2.05, 4.69) is 5.32 Å². The van der Waals surface area contributed by atoms with E-state index >= 15 is 0 Å². The van der Waals surface area contributed by atoms with E-state index in [-0.39, 0.29) is 16.9 Å². The number of carbonyl (C=O) groups excluding carboxylic acids is 3. The van der Waals surface area contributed by atoms with E-state index in [4.69, 9.17) is 10.5 Å². The van der Waals surface area contributed by atoms with Gasteiger partial charge in [-0.2, -0.15) is 13.2 Å². The van der Waals surface area contributed by atoms with Gasteiger partial charge in [0.2, 0.25) is 5.91 Å². The lowest BCUT2D eigenvalue weighted by Crippen LogP contribution is -2.46. The van der Waals surface area contributed by atoms with Gasteiger partial charge in [-0.15, -0.1) is 0 Å². The average Bonchev–Trinajstić information content (AvgIpc) is 2.60. The molecule has 2 rings (SSSR count). The van der Waals surface area contributed by atoms with Gasteiger partial charge in [0.15, 0.2) is 0 Å². The van der Waals surface area contributed by atoms with Crippen molar-refractivity contribution in [2.75, 3.05) is 0 Å². The van der Waals surface area contributed by atoms with Gasteiger partial charge in [-0.05, 0) is 29.8 Å². The van der Waals surface area contributed by atoms with Crippen LogP contribution in [0.15, 0.2) is 48.5 Å². The average molecular weight is 394 g/mol. The Morgan fingerprint density at radius 1 is 1.11 bits per heavy atom. The number of hydrogen-bond acceptors (Lipinski definition) is 4. The van der Waals surface area contributed by atoms with Crippen LogP contribution in [-0.4, -0.2) is 23.8 Å².